The second kappa shape index (κ2) is 11.3. The first-order chi connectivity index (χ1) is 19.0. The normalized spacial score (nSPS) is 20.7. The summed E-state index contributed by atoms with van der Waals surface area (Å²) in [5.41, 5.74) is 6.81. The molecule has 1 N–H and O–H groups in total. The van der Waals surface area contributed by atoms with Gasteiger partial charge in [-0.3, -0.25) is 4.90 Å². The van der Waals surface area contributed by atoms with Crippen LogP contribution >= 0.6 is 0 Å². The minimum atomic E-state index is -0.858. The van der Waals surface area contributed by atoms with Gasteiger partial charge in [-0.15, -0.1) is 0 Å². The van der Waals surface area contributed by atoms with Crippen LogP contribution < -0.4 is 4.90 Å². The van der Waals surface area contributed by atoms with Crippen molar-refractivity contribution in [2.24, 2.45) is 0 Å². The van der Waals surface area contributed by atoms with Crippen molar-refractivity contribution in [2.45, 2.75) is 83.5 Å². The summed E-state index contributed by atoms with van der Waals surface area (Å²) in [5, 5.41) is 11.0. The fourth-order valence-electron chi connectivity index (χ4n) is 7.33. The number of carbonyl (C=O) groups is 1. The number of anilines is 1. The maximum Gasteiger partial charge on any atom is 0.335 e. The number of aromatic nitrogens is 1. The average Bonchev–Trinajstić information content (AvgIpc) is 3.17. The van der Waals surface area contributed by atoms with Crippen LogP contribution in [0.1, 0.15) is 80.6 Å². The van der Waals surface area contributed by atoms with Gasteiger partial charge in [-0.1, -0.05) is 43.5 Å². The number of hydrogen-bond acceptors (Lipinski definition) is 4. The third-order valence-electron chi connectivity index (χ3n) is 9.07. The lowest BCUT2D eigenvalue weighted by molar-refractivity contribution is -0.0324. The smallest absolute Gasteiger partial charge is 0.335 e. The van der Waals surface area contributed by atoms with Gasteiger partial charge in [-0.25, -0.2) is 4.79 Å². The van der Waals surface area contributed by atoms with E-state index < -0.39 is 5.97 Å². The molecular weight excluding hydrogens is 486 g/mol. The summed E-state index contributed by atoms with van der Waals surface area (Å²) in [7, 11) is 0. The number of piperidine rings is 1. The largest absolute Gasteiger partial charge is 0.478 e. The number of nitrogens with zero attached hydrogens (tertiary/aromatic N) is 3. The van der Waals surface area contributed by atoms with Gasteiger partial charge in [0, 0.05) is 54.9 Å². The first-order valence-electron chi connectivity index (χ1n) is 15.1. The lowest BCUT2D eigenvalue weighted by atomic mass is 9.81. The van der Waals surface area contributed by atoms with Gasteiger partial charge in [-0.2, -0.15) is 0 Å². The Morgan fingerprint density at radius 1 is 0.974 bits per heavy atom. The van der Waals surface area contributed by atoms with Gasteiger partial charge in [0.1, 0.15) is 0 Å². The summed E-state index contributed by atoms with van der Waals surface area (Å²) < 4.78 is 8.60. The molecule has 2 fully saturated rings. The van der Waals surface area contributed by atoms with E-state index >= 15 is 0 Å². The zero-order chi connectivity index (χ0) is 26.9. The SMILES string of the molecule is CC(C)OC1CCCN(CCN2CCn3c(c(C4CCCCC4)c4ccc(C(=O)O)cc43)-c3ccccc32)C1. The molecule has 2 aliphatic heterocycles. The average molecular weight is 530 g/mol. The molecule has 6 nitrogen and oxygen atoms in total. The maximum absolute atomic E-state index is 11.9. The molecule has 6 rings (SSSR count). The quantitative estimate of drug-likeness (QED) is 0.366. The molecule has 6 heteroatoms. The van der Waals surface area contributed by atoms with Crippen LogP contribution in [0.4, 0.5) is 5.69 Å². The number of rotatable bonds is 7. The summed E-state index contributed by atoms with van der Waals surface area (Å²) in [6, 6.07) is 14.7. The molecule has 3 aromatic rings. The summed E-state index contributed by atoms with van der Waals surface area (Å²) in [6.07, 6.45) is 9.26. The standard InChI is InChI=1S/C33H43N3O3/c1-23(2)39-26-11-8-16-34(22-26)17-18-35-19-20-36-30-21-25(33(37)38)14-15-27(30)31(24-9-4-3-5-10-24)32(36)28-12-6-7-13-29(28)35/h6-7,12-15,21,23-24,26H,3-5,8-11,16-20,22H2,1-2H3,(H,37,38). The number of carboxylic acid groups (broad SMARTS) is 1. The number of para-hydroxylation sites is 1. The Bertz CT molecular complexity index is 1320. The van der Waals surface area contributed by atoms with Crippen molar-refractivity contribution in [3.63, 3.8) is 0 Å². The zero-order valence-electron chi connectivity index (χ0n) is 23.6. The van der Waals surface area contributed by atoms with Gasteiger partial charge >= 0.3 is 5.97 Å². The van der Waals surface area contributed by atoms with Crippen molar-refractivity contribution < 1.29 is 14.6 Å². The molecule has 1 atom stereocenters. The Morgan fingerprint density at radius 3 is 2.59 bits per heavy atom. The van der Waals surface area contributed by atoms with Crippen LogP contribution in [0.15, 0.2) is 42.5 Å². The predicted octanol–water partition coefficient (Wildman–Crippen LogP) is 6.76. The molecule has 0 bridgehead atoms. The second-order valence-corrected chi connectivity index (χ2v) is 12.0. The Labute approximate surface area is 232 Å². The third kappa shape index (κ3) is 5.33. The fourth-order valence-corrected chi connectivity index (χ4v) is 7.33. The molecule has 2 aromatic carbocycles. The van der Waals surface area contributed by atoms with Crippen LogP contribution in [0.3, 0.4) is 0 Å². The van der Waals surface area contributed by atoms with E-state index in [2.05, 4.69) is 58.5 Å². The van der Waals surface area contributed by atoms with Crippen LogP contribution in [-0.2, 0) is 11.3 Å². The van der Waals surface area contributed by atoms with E-state index in [1.807, 2.05) is 6.07 Å². The van der Waals surface area contributed by atoms with E-state index in [0.717, 1.165) is 51.2 Å². The Kier molecular flexibility index (Phi) is 7.68. The van der Waals surface area contributed by atoms with E-state index in [4.69, 9.17) is 4.74 Å². The lowest BCUT2D eigenvalue weighted by Crippen LogP contribution is -2.44. The van der Waals surface area contributed by atoms with E-state index in [0.29, 0.717) is 17.6 Å². The van der Waals surface area contributed by atoms with Gasteiger partial charge in [0.2, 0.25) is 0 Å². The van der Waals surface area contributed by atoms with Crippen LogP contribution in [-0.4, -0.2) is 65.5 Å². The van der Waals surface area contributed by atoms with Crippen molar-refractivity contribution in [3.8, 4) is 11.3 Å². The number of aromatic carboxylic acids is 1. The van der Waals surface area contributed by atoms with Crippen molar-refractivity contribution >= 4 is 22.6 Å². The summed E-state index contributed by atoms with van der Waals surface area (Å²) in [6.45, 7) is 10.2. The van der Waals surface area contributed by atoms with E-state index in [1.165, 1.54) is 66.4 Å². The topological polar surface area (TPSA) is 57.9 Å². The molecule has 1 saturated carbocycles. The second-order valence-electron chi connectivity index (χ2n) is 12.0. The molecule has 39 heavy (non-hydrogen) atoms. The molecule has 1 unspecified atom stereocenters. The van der Waals surface area contributed by atoms with Gasteiger partial charge in [0.15, 0.2) is 0 Å². The highest BCUT2D eigenvalue weighted by Gasteiger charge is 2.31. The van der Waals surface area contributed by atoms with Crippen LogP contribution in [0.5, 0.6) is 0 Å². The van der Waals surface area contributed by atoms with E-state index in [-0.39, 0.29) is 6.10 Å². The number of hydrogen-bond donors (Lipinski definition) is 1. The van der Waals surface area contributed by atoms with Gasteiger partial charge in [0.25, 0.3) is 0 Å². The first kappa shape index (κ1) is 26.4. The summed E-state index contributed by atoms with van der Waals surface area (Å²) in [5.74, 6) is -0.331. The van der Waals surface area contributed by atoms with Gasteiger partial charge in [-0.05, 0) is 75.8 Å². The van der Waals surface area contributed by atoms with Gasteiger partial charge in [0.05, 0.1) is 23.5 Å². The Balaban J connectivity index is 1.36. The maximum atomic E-state index is 11.9. The number of fused-ring (bicyclic) bond motifs is 5. The minimum Gasteiger partial charge on any atom is -0.478 e. The van der Waals surface area contributed by atoms with Gasteiger partial charge < -0.3 is 19.3 Å². The zero-order valence-corrected chi connectivity index (χ0v) is 23.6. The molecule has 3 heterocycles. The van der Waals surface area contributed by atoms with E-state index in [9.17, 15) is 9.90 Å². The van der Waals surface area contributed by atoms with Crippen LogP contribution in [0.2, 0.25) is 0 Å². The third-order valence-corrected chi connectivity index (χ3v) is 9.07. The number of likely N-dealkylation sites (tertiary alicyclic amines) is 1. The lowest BCUT2D eigenvalue weighted by Gasteiger charge is -2.35. The number of carboxylic acids is 1. The monoisotopic (exact) mass is 529 g/mol. The first-order valence-corrected chi connectivity index (χ1v) is 15.1. The molecule has 0 amide bonds. The van der Waals surface area contributed by atoms with Crippen molar-refractivity contribution in [1.29, 1.82) is 0 Å². The molecule has 3 aliphatic rings. The Morgan fingerprint density at radius 2 is 1.79 bits per heavy atom. The highest BCUT2D eigenvalue weighted by molar-refractivity contribution is 5.99. The Hall–Kier alpha value is -2.83. The minimum absolute atomic E-state index is 0.275. The highest BCUT2D eigenvalue weighted by Crippen LogP contribution is 2.47. The van der Waals surface area contributed by atoms with Crippen LogP contribution in [0.25, 0.3) is 22.2 Å². The van der Waals surface area contributed by atoms with E-state index in [1.54, 1.807) is 6.07 Å². The fraction of sp³-hybridized carbons (Fsp3) is 0.545. The number of benzene rings is 2. The summed E-state index contributed by atoms with van der Waals surface area (Å²) in [4.78, 5) is 17.1. The van der Waals surface area contributed by atoms with Crippen molar-refractivity contribution in [2.75, 3.05) is 37.6 Å². The molecule has 0 radical (unpaired) electrons. The predicted molar refractivity (Wildman–Crippen MR) is 158 cm³/mol. The molecular formula is C33H43N3O3. The highest BCUT2D eigenvalue weighted by atomic mass is 16.5. The molecule has 0 spiro atoms. The summed E-state index contributed by atoms with van der Waals surface area (Å²) >= 11 is 0. The molecule has 1 aromatic heterocycles. The molecule has 1 aliphatic carbocycles. The van der Waals surface area contributed by atoms with Crippen LogP contribution in [0, 0.1) is 0 Å². The van der Waals surface area contributed by atoms with Crippen molar-refractivity contribution in [1.82, 2.24) is 9.47 Å². The molecule has 208 valence electrons. The van der Waals surface area contributed by atoms with Crippen molar-refractivity contribution in [3.05, 3.63) is 53.6 Å². The number of ether oxygens (including phenoxy) is 1. The molecule has 1 saturated heterocycles.